The van der Waals surface area contributed by atoms with Crippen molar-refractivity contribution in [1.82, 2.24) is 10.4 Å². The molecule has 1 aromatic heterocycles. The van der Waals surface area contributed by atoms with Crippen LogP contribution in [0.4, 0.5) is 0 Å². The molecule has 0 spiro atoms. The van der Waals surface area contributed by atoms with E-state index in [-0.39, 0.29) is 5.91 Å². The monoisotopic (exact) mass is 253 g/mol. The minimum Gasteiger partial charge on any atom is -0.267 e. The first-order chi connectivity index (χ1) is 9.16. The van der Waals surface area contributed by atoms with Crippen LogP contribution in [-0.2, 0) is 0 Å². The highest BCUT2D eigenvalue weighted by molar-refractivity contribution is 6.00. The summed E-state index contributed by atoms with van der Waals surface area (Å²) in [6, 6.07) is 11.1. The van der Waals surface area contributed by atoms with Gasteiger partial charge in [0.15, 0.2) is 0 Å². The van der Waals surface area contributed by atoms with Crippen molar-refractivity contribution >= 4 is 11.6 Å². The summed E-state index contributed by atoms with van der Waals surface area (Å²) in [5.74, 6) is -0.216. The van der Waals surface area contributed by atoms with Gasteiger partial charge in [0, 0.05) is 23.5 Å². The molecule has 0 aliphatic heterocycles. The molecule has 0 bridgehead atoms. The number of hydrogen-bond acceptors (Lipinski definition) is 3. The molecule has 1 heterocycles. The topological polar surface area (TPSA) is 54.4 Å². The van der Waals surface area contributed by atoms with Gasteiger partial charge in [-0.15, -0.1) is 0 Å². The van der Waals surface area contributed by atoms with Gasteiger partial charge in [-0.1, -0.05) is 23.8 Å². The second-order valence-electron chi connectivity index (χ2n) is 4.25. The predicted molar refractivity (Wildman–Crippen MR) is 75.1 cm³/mol. The minimum absolute atomic E-state index is 0.216. The summed E-state index contributed by atoms with van der Waals surface area (Å²) < 4.78 is 0. The Morgan fingerprint density at radius 3 is 2.68 bits per heavy atom. The van der Waals surface area contributed by atoms with Gasteiger partial charge in [-0.2, -0.15) is 5.10 Å². The van der Waals surface area contributed by atoms with Crippen LogP contribution in [0.5, 0.6) is 0 Å². The number of aromatic nitrogens is 1. The summed E-state index contributed by atoms with van der Waals surface area (Å²) in [6.07, 6.45) is 3.40. The summed E-state index contributed by atoms with van der Waals surface area (Å²) in [6.45, 7) is 3.77. The van der Waals surface area contributed by atoms with Crippen LogP contribution in [0.3, 0.4) is 0 Å². The lowest BCUT2D eigenvalue weighted by Gasteiger charge is -2.03. The Kier molecular flexibility index (Phi) is 4.03. The van der Waals surface area contributed by atoms with Crippen molar-refractivity contribution in [3.63, 3.8) is 0 Å². The summed E-state index contributed by atoms with van der Waals surface area (Å²) in [7, 11) is 0. The maximum absolute atomic E-state index is 11.9. The van der Waals surface area contributed by atoms with Gasteiger partial charge in [0.2, 0.25) is 0 Å². The molecule has 0 saturated carbocycles. The van der Waals surface area contributed by atoms with Crippen molar-refractivity contribution in [2.75, 3.05) is 0 Å². The van der Waals surface area contributed by atoms with Gasteiger partial charge in [0.1, 0.15) is 0 Å². The number of carbonyl (C=O) groups is 1. The molecule has 96 valence electrons. The van der Waals surface area contributed by atoms with E-state index in [0.29, 0.717) is 11.3 Å². The maximum atomic E-state index is 11.9. The summed E-state index contributed by atoms with van der Waals surface area (Å²) >= 11 is 0. The molecule has 0 atom stereocenters. The van der Waals surface area contributed by atoms with Gasteiger partial charge < -0.3 is 0 Å². The molecule has 4 nitrogen and oxygen atoms in total. The third-order valence-electron chi connectivity index (χ3n) is 2.68. The zero-order chi connectivity index (χ0) is 13.7. The van der Waals surface area contributed by atoms with E-state index >= 15 is 0 Å². The number of benzene rings is 1. The zero-order valence-electron chi connectivity index (χ0n) is 10.9. The van der Waals surface area contributed by atoms with E-state index in [9.17, 15) is 4.79 Å². The number of carbonyl (C=O) groups excluding carboxylic acids is 1. The van der Waals surface area contributed by atoms with Gasteiger partial charge in [-0.05, 0) is 32.0 Å². The van der Waals surface area contributed by atoms with E-state index in [4.69, 9.17) is 0 Å². The van der Waals surface area contributed by atoms with Crippen LogP contribution in [0.1, 0.15) is 28.4 Å². The molecule has 19 heavy (non-hydrogen) atoms. The van der Waals surface area contributed by atoms with Crippen LogP contribution in [0.25, 0.3) is 0 Å². The highest BCUT2D eigenvalue weighted by Gasteiger charge is 2.04. The molecule has 0 saturated heterocycles. The van der Waals surface area contributed by atoms with Crippen LogP contribution in [0.15, 0.2) is 53.9 Å². The predicted octanol–water partition coefficient (Wildman–Crippen LogP) is 2.54. The lowest BCUT2D eigenvalue weighted by molar-refractivity contribution is 0.0954. The van der Waals surface area contributed by atoms with Crippen molar-refractivity contribution in [1.29, 1.82) is 0 Å². The van der Waals surface area contributed by atoms with Crippen LogP contribution in [0.2, 0.25) is 0 Å². The number of rotatable bonds is 3. The van der Waals surface area contributed by atoms with E-state index in [1.807, 2.05) is 44.2 Å². The van der Waals surface area contributed by atoms with Crippen molar-refractivity contribution in [2.24, 2.45) is 5.10 Å². The molecular weight excluding hydrogens is 238 g/mol. The molecule has 2 rings (SSSR count). The van der Waals surface area contributed by atoms with E-state index in [1.54, 1.807) is 18.5 Å². The Bertz CT molecular complexity index is 606. The number of nitrogens with one attached hydrogen (secondary N) is 1. The summed E-state index contributed by atoms with van der Waals surface area (Å²) in [5.41, 5.74) is 5.79. The van der Waals surface area contributed by atoms with Crippen molar-refractivity contribution in [3.05, 3.63) is 65.5 Å². The smallest absolute Gasteiger partial charge is 0.267 e. The number of aryl methyl sites for hydroxylation is 1. The standard InChI is InChI=1S/C15H15N3O/c1-11-5-3-6-13(9-11)15(19)18-17-12(2)14-7-4-8-16-10-14/h3-10H,1-2H3,(H,18,19). The third-order valence-corrected chi connectivity index (χ3v) is 2.68. The van der Waals surface area contributed by atoms with Crippen molar-refractivity contribution in [2.45, 2.75) is 13.8 Å². The van der Waals surface area contributed by atoms with E-state index in [1.165, 1.54) is 0 Å². The average molecular weight is 253 g/mol. The molecule has 1 N–H and O–H groups in total. The average Bonchev–Trinajstić information content (AvgIpc) is 2.45. The van der Waals surface area contributed by atoms with Crippen LogP contribution >= 0.6 is 0 Å². The van der Waals surface area contributed by atoms with E-state index in [0.717, 1.165) is 11.1 Å². The molecule has 0 radical (unpaired) electrons. The number of nitrogens with zero attached hydrogens (tertiary/aromatic N) is 2. The van der Waals surface area contributed by atoms with Gasteiger partial charge in [-0.25, -0.2) is 5.43 Å². The molecule has 4 heteroatoms. The molecule has 2 aromatic rings. The summed E-state index contributed by atoms with van der Waals surface area (Å²) in [5, 5.41) is 4.08. The van der Waals surface area contributed by atoms with E-state index < -0.39 is 0 Å². The first-order valence-electron chi connectivity index (χ1n) is 5.98. The minimum atomic E-state index is -0.216. The van der Waals surface area contributed by atoms with Gasteiger partial charge in [0.05, 0.1) is 5.71 Å². The molecule has 0 fully saturated rings. The normalized spacial score (nSPS) is 11.2. The lowest BCUT2D eigenvalue weighted by atomic mass is 10.1. The van der Waals surface area contributed by atoms with Crippen LogP contribution < -0.4 is 5.43 Å². The van der Waals surface area contributed by atoms with Crippen LogP contribution in [-0.4, -0.2) is 16.6 Å². The van der Waals surface area contributed by atoms with Crippen molar-refractivity contribution < 1.29 is 4.79 Å². The Hall–Kier alpha value is -2.49. The van der Waals surface area contributed by atoms with Gasteiger partial charge in [0.25, 0.3) is 5.91 Å². The Balaban J connectivity index is 2.08. The largest absolute Gasteiger partial charge is 0.271 e. The molecule has 0 aliphatic rings. The lowest BCUT2D eigenvalue weighted by Crippen LogP contribution is -2.19. The number of hydrogen-bond donors (Lipinski definition) is 1. The summed E-state index contributed by atoms with van der Waals surface area (Å²) in [4.78, 5) is 15.9. The molecule has 1 amide bonds. The Labute approximate surface area is 112 Å². The van der Waals surface area contributed by atoms with E-state index in [2.05, 4.69) is 15.5 Å². The molecule has 0 aliphatic carbocycles. The second-order valence-corrected chi connectivity index (χ2v) is 4.25. The highest BCUT2D eigenvalue weighted by atomic mass is 16.2. The second kappa shape index (κ2) is 5.91. The molecule has 0 unspecified atom stereocenters. The Morgan fingerprint density at radius 1 is 1.21 bits per heavy atom. The fourth-order valence-corrected chi connectivity index (χ4v) is 1.63. The highest BCUT2D eigenvalue weighted by Crippen LogP contribution is 2.04. The quantitative estimate of drug-likeness (QED) is 0.675. The number of amides is 1. The molecule has 1 aromatic carbocycles. The molecular formula is C15H15N3O. The SMILES string of the molecule is CC(=NNC(=O)c1cccc(C)c1)c1cccnc1. The zero-order valence-corrected chi connectivity index (χ0v) is 10.9. The fraction of sp³-hybridized carbons (Fsp3) is 0.133. The van der Waals surface area contributed by atoms with Gasteiger partial charge in [-0.3, -0.25) is 9.78 Å². The number of pyridine rings is 1. The fourth-order valence-electron chi connectivity index (χ4n) is 1.63. The number of hydrazone groups is 1. The Morgan fingerprint density at radius 2 is 2.00 bits per heavy atom. The maximum Gasteiger partial charge on any atom is 0.271 e. The first kappa shape index (κ1) is 13.0. The first-order valence-corrected chi connectivity index (χ1v) is 5.98. The van der Waals surface area contributed by atoms with Crippen molar-refractivity contribution in [3.8, 4) is 0 Å². The van der Waals surface area contributed by atoms with Crippen LogP contribution in [0, 0.1) is 6.92 Å². The van der Waals surface area contributed by atoms with Gasteiger partial charge >= 0.3 is 0 Å². The third kappa shape index (κ3) is 3.48.